The lowest BCUT2D eigenvalue weighted by Crippen LogP contribution is -2.29. The van der Waals surface area contributed by atoms with Gasteiger partial charge in [-0.05, 0) is 49.9 Å². The summed E-state index contributed by atoms with van der Waals surface area (Å²) in [6.45, 7) is 9.57. The standard InChI is InChI=1S/C24H31N3O/c1-5-20-15-23-17(2)26(16-19-11-13-22(28-4)14-12-19)18(3)25-24(23)27(20)21-9-7-6-8-10-21/h11-15,21H,2,5-10,16H2,1,3-4H3. The molecule has 2 aromatic rings. The van der Waals surface area contributed by atoms with Crippen molar-refractivity contribution in [3.8, 4) is 5.75 Å². The van der Waals surface area contributed by atoms with Crippen LogP contribution in [0.3, 0.4) is 0 Å². The summed E-state index contributed by atoms with van der Waals surface area (Å²) in [6.07, 6.45) is 7.59. The van der Waals surface area contributed by atoms with E-state index in [9.17, 15) is 0 Å². The number of hydrogen-bond acceptors (Lipinski definition) is 3. The molecule has 4 rings (SSSR count). The van der Waals surface area contributed by atoms with Crippen LogP contribution in [-0.2, 0) is 13.0 Å². The van der Waals surface area contributed by atoms with Crippen molar-refractivity contribution in [2.75, 3.05) is 7.11 Å². The molecule has 0 radical (unpaired) electrons. The average molecular weight is 378 g/mol. The van der Waals surface area contributed by atoms with E-state index >= 15 is 0 Å². The van der Waals surface area contributed by atoms with Gasteiger partial charge in [0, 0.05) is 29.5 Å². The zero-order chi connectivity index (χ0) is 19.7. The largest absolute Gasteiger partial charge is 0.497 e. The van der Waals surface area contributed by atoms with E-state index in [1.54, 1.807) is 7.11 Å². The Balaban J connectivity index is 1.66. The zero-order valence-corrected chi connectivity index (χ0v) is 17.4. The van der Waals surface area contributed by atoms with Crippen LogP contribution in [0.1, 0.15) is 68.8 Å². The molecule has 1 aliphatic heterocycles. The fourth-order valence-corrected chi connectivity index (χ4v) is 4.59. The summed E-state index contributed by atoms with van der Waals surface area (Å²) in [5.41, 5.74) is 4.87. The lowest BCUT2D eigenvalue weighted by atomic mass is 9.95. The highest BCUT2D eigenvalue weighted by Crippen LogP contribution is 2.42. The maximum atomic E-state index is 5.28. The van der Waals surface area contributed by atoms with Gasteiger partial charge in [-0.1, -0.05) is 44.9 Å². The van der Waals surface area contributed by atoms with Gasteiger partial charge in [-0.3, -0.25) is 0 Å². The van der Waals surface area contributed by atoms with E-state index in [4.69, 9.17) is 9.73 Å². The number of methoxy groups -OCH3 is 1. The van der Waals surface area contributed by atoms with E-state index in [-0.39, 0.29) is 0 Å². The van der Waals surface area contributed by atoms with Crippen molar-refractivity contribution in [3.05, 3.63) is 53.7 Å². The summed E-state index contributed by atoms with van der Waals surface area (Å²) in [5.74, 6) is 3.02. The van der Waals surface area contributed by atoms with Crippen LogP contribution in [0.15, 0.2) is 41.9 Å². The van der Waals surface area contributed by atoms with Crippen molar-refractivity contribution in [1.29, 1.82) is 0 Å². The molecule has 4 nitrogen and oxygen atoms in total. The van der Waals surface area contributed by atoms with E-state index in [1.807, 2.05) is 12.1 Å². The van der Waals surface area contributed by atoms with E-state index in [0.717, 1.165) is 36.1 Å². The topological polar surface area (TPSA) is 29.8 Å². The Bertz CT molecular complexity index is 885. The van der Waals surface area contributed by atoms with Gasteiger partial charge < -0.3 is 14.2 Å². The molecule has 1 aromatic heterocycles. The van der Waals surface area contributed by atoms with Gasteiger partial charge in [-0.15, -0.1) is 0 Å². The first-order valence-electron chi connectivity index (χ1n) is 10.5. The number of rotatable bonds is 5. The Morgan fingerprint density at radius 3 is 2.50 bits per heavy atom. The van der Waals surface area contributed by atoms with Crippen molar-refractivity contribution in [3.63, 3.8) is 0 Å². The number of ether oxygens (including phenoxy) is 1. The molecule has 1 fully saturated rings. The lowest BCUT2D eigenvalue weighted by molar-refractivity contribution is 0.350. The van der Waals surface area contributed by atoms with Crippen molar-refractivity contribution < 1.29 is 4.74 Å². The summed E-state index contributed by atoms with van der Waals surface area (Å²) in [5, 5.41) is 0. The SMILES string of the molecule is C=C1c2cc(CC)n(C3CCCCC3)c2N=C(C)N1Cc1ccc(OC)cc1. The Kier molecular flexibility index (Phi) is 5.29. The molecule has 4 heteroatoms. The molecule has 28 heavy (non-hydrogen) atoms. The number of hydrogen-bond donors (Lipinski definition) is 0. The monoisotopic (exact) mass is 377 g/mol. The van der Waals surface area contributed by atoms with Crippen LogP contribution in [0.5, 0.6) is 5.75 Å². The smallest absolute Gasteiger partial charge is 0.144 e. The molecule has 2 heterocycles. The summed E-state index contributed by atoms with van der Waals surface area (Å²) in [4.78, 5) is 7.30. The highest BCUT2D eigenvalue weighted by Gasteiger charge is 2.29. The third-order valence-corrected chi connectivity index (χ3v) is 6.19. The fourth-order valence-electron chi connectivity index (χ4n) is 4.59. The van der Waals surface area contributed by atoms with E-state index < -0.39 is 0 Å². The van der Waals surface area contributed by atoms with Crippen LogP contribution in [0.4, 0.5) is 5.82 Å². The minimum atomic E-state index is 0.588. The normalized spacial score (nSPS) is 17.5. The van der Waals surface area contributed by atoms with Crippen LogP contribution in [0.2, 0.25) is 0 Å². The Morgan fingerprint density at radius 2 is 1.86 bits per heavy atom. The molecule has 0 bridgehead atoms. The second-order valence-corrected chi connectivity index (χ2v) is 7.93. The molecule has 0 spiro atoms. The van der Waals surface area contributed by atoms with Gasteiger partial charge in [0.25, 0.3) is 0 Å². The first-order valence-corrected chi connectivity index (χ1v) is 10.5. The van der Waals surface area contributed by atoms with Gasteiger partial charge in [0.1, 0.15) is 17.4 Å². The Labute approximate surface area is 168 Å². The van der Waals surface area contributed by atoms with E-state index in [0.29, 0.717) is 6.04 Å². The quantitative estimate of drug-likeness (QED) is 0.630. The van der Waals surface area contributed by atoms with Crippen LogP contribution in [-0.4, -0.2) is 22.4 Å². The molecular weight excluding hydrogens is 346 g/mol. The third kappa shape index (κ3) is 3.36. The summed E-state index contributed by atoms with van der Waals surface area (Å²) in [7, 11) is 1.70. The van der Waals surface area contributed by atoms with Crippen LogP contribution < -0.4 is 4.74 Å². The number of benzene rings is 1. The van der Waals surface area contributed by atoms with Crippen molar-refractivity contribution in [2.45, 2.75) is 65.0 Å². The van der Waals surface area contributed by atoms with Gasteiger partial charge >= 0.3 is 0 Å². The van der Waals surface area contributed by atoms with Gasteiger partial charge in [-0.25, -0.2) is 4.99 Å². The second kappa shape index (κ2) is 7.86. The minimum absolute atomic E-state index is 0.588. The molecule has 0 saturated heterocycles. The van der Waals surface area contributed by atoms with E-state index in [1.165, 1.54) is 48.9 Å². The molecule has 2 aliphatic rings. The lowest BCUT2D eigenvalue weighted by Gasteiger charge is -2.32. The molecule has 1 saturated carbocycles. The Hall–Kier alpha value is -2.49. The number of amidine groups is 1. The predicted molar refractivity (Wildman–Crippen MR) is 116 cm³/mol. The van der Waals surface area contributed by atoms with Gasteiger partial charge in [0.2, 0.25) is 0 Å². The molecular formula is C24H31N3O. The fraction of sp³-hybridized carbons (Fsp3) is 0.458. The summed E-state index contributed by atoms with van der Waals surface area (Å²) < 4.78 is 7.80. The van der Waals surface area contributed by atoms with E-state index in [2.05, 4.69) is 48.1 Å². The predicted octanol–water partition coefficient (Wildman–Crippen LogP) is 6.10. The number of fused-ring (bicyclic) bond motifs is 1. The zero-order valence-electron chi connectivity index (χ0n) is 17.4. The number of aryl methyl sites for hydroxylation is 1. The summed E-state index contributed by atoms with van der Waals surface area (Å²) in [6, 6.07) is 11.1. The highest BCUT2D eigenvalue weighted by molar-refractivity contribution is 5.96. The minimum Gasteiger partial charge on any atom is -0.497 e. The molecule has 1 aliphatic carbocycles. The van der Waals surface area contributed by atoms with Crippen LogP contribution in [0.25, 0.3) is 5.70 Å². The maximum Gasteiger partial charge on any atom is 0.144 e. The molecule has 148 valence electrons. The molecule has 0 unspecified atom stereocenters. The van der Waals surface area contributed by atoms with Crippen LogP contribution >= 0.6 is 0 Å². The second-order valence-electron chi connectivity index (χ2n) is 7.93. The average Bonchev–Trinajstić information content (AvgIpc) is 3.10. The summed E-state index contributed by atoms with van der Waals surface area (Å²) >= 11 is 0. The third-order valence-electron chi connectivity index (χ3n) is 6.19. The van der Waals surface area contributed by atoms with Gasteiger partial charge in [0.05, 0.1) is 7.11 Å². The first-order chi connectivity index (χ1) is 13.6. The van der Waals surface area contributed by atoms with Gasteiger partial charge in [0.15, 0.2) is 0 Å². The number of aromatic nitrogens is 1. The highest BCUT2D eigenvalue weighted by atomic mass is 16.5. The first kappa shape index (κ1) is 18.9. The maximum absolute atomic E-state index is 5.28. The van der Waals surface area contributed by atoms with Crippen LogP contribution in [0, 0.1) is 0 Å². The number of aliphatic imine (C=N–C) groups is 1. The van der Waals surface area contributed by atoms with Crippen molar-refractivity contribution >= 4 is 17.4 Å². The molecule has 1 aromatic carbocycles. The van der Waals surface area contributed by atoms with Crippen molar-refractivity contribution in [1.82, 2.24) is 9.47 Å². The molecule has 0 amide bonds. The van der Waals surface area contributed by atoms with Gasteiger partial charge in [-0.2, -0.15) is 0 Å². The Morgan fingerprint density at radius 1 is 1.14 bits per heavy atom. The molecule has 0 atom stereocenters. The molecule has 0 N–H and O–H groups in total. The number of nitrogens with zero attached hydrogens (tertiary/aromatic N) is 3. The van der Waals surface area contributed by atoms with Crippen molar-refractivity contribution in [2.24, 2.45) is 4.99 Å².